The summed E-state index contributed by atoms with van der Waals surface area (Å²) in [5, 5.41) is 4.60. The molecule has 0 amide bonds. The van der Waals surface area contributed by atoms with Gasteiger partial charge in [0.15, 0.2) is 5.78 Å². The average molecular weight is 247 g/mol. The summed E-state index contributed by atoms with van der Waals surface area (Å²) in [7, 11) is 1.78. The molecule has 0 aliphatic carbocycles. The Morgan fingerprint density at radius 1 is 1.47 bits per heavy atom. The number of hydrogen-bond donors (Lipinski definition) is 0. The Labute approximate surface area is 104 Å². The van der Waals surface area contributed by atoms with Crippen LogP contribution in [0.3, 0.4) is 0 Å². The minimum absolute atomic E-state index is 0.0712. The summed E-state index contributed by atoms with van der Waals surface area (Å²) in [6.45, 7) is 0. The smallest absolute Gasteiger partial charge is 0.189 e. The van der Waals surface area contributed by atoms with Crippen LogP contribution in [0.4, 0.5) is 0 Å². The van der Waals surface area contributed by atoms with E-state index < -0.39 is 0 Å². The van der Waals surface area contributed by atoms with Crippen molar-refractivity contribution in [3.05, 3.63) is 58.9 Å². The quantitative estimate of drug-likeness (QED) is 0.617. The van der Waals surface area contributed by atoms with Crippen LogP contribution in [-0.2, 0) is 7.05 Å². The lowest BCUT2D eigenvalue weighted by molar-refractivity contribution is 0.104. The van der Waals surface area contributed by atoms with Crippen LogP contribution in [0.15, 0.2) is 42.7 Å². The van der Waals surface area contributed by atoms with Crippen molar-refractivity contribution in [1.82, 2.24) is 9.78 Å². The third-order valence-electron chi connectivity index (χ3n) is 2.27. The molecule has 0 unspecified atom stereocenters. The Kier molecular flexibility index (Phi) is 3.40. The second-order valence-electron chi connectivity index (χ2n) is 3.66. The standard InChI is InChI=1S/C13H11ClN2O/c1-16-9-11(8-15-16)13(17)6-5-10-3-2-4-12(14)7-10/h2-9H,1H3. The third kappa shape index (κ3) is 3.04. The number of halogens is 1. The number of benzene rings is 1. The Hall–Kier alpha value is -1.87. The van der Waals surface area contributed by atoms with Gasteiger partial charge in [0.1, 0.15) is 0 Å². The second kappa shape index (κ2) is 4.97. The Balaban J connectivity index is 2.13. The zero-order valence-corrected chi connectivity index (χ0v) is 10.1. The molecule has 0 atom stereocenters. The van der Waals surface area contributed by atoms with Gasteiger partial charge in [-0.05, 0) is 23.8 Å². The Morgan fingerprint density at radius 3 is 2.94 bits per heavy atom. The number of allylic oxidation sites excluding steroid dienone is 1. The van der Waals surface area contributed by atoms with Crippen molar-refractivity contribution in [2.45, 2.75) is 0 Å². The SMILES string of the molecule is Cn1cc(C(=O)C=Cc2cccc(Cl)c2)cn1. The fourth-order valence-electron chi connectivity index (χ4n) is 1.43. The number of ketones is 1. The van der Waals surface area contributed by atoms with Crippen LogP contribution in [0.1, 0.15) is 15.9 Å². The average Bonchev–Trinajstić information content (AvgIpc) is 2.73. The lowest BCUT2D eigenvalue weighted by Crippen LogP contribution is -1.91. The van der Waals surface area contributed by atoms with Crippen molar-refractivity contribution in [2.24, 2.45) is 7.05 Å². The van der Waals surface area contributed by atoms with E-state index in [4.69, 9.17) is 11.6 Å². The number of nitrogens with zero attached hydrogens (tertiary/aromatic N) is 2. The van der Waals surface area contributed by atoms with Crippen molar-refractivity contribution < 1.29 is 4.79 Å². The molecule has 0 N–H and O–H groups in total. The second-order valence-corrected chi connectivity index (χ2v) is 4.09. The summed E-state index contributed by atoms with van der Waals surface area (Å²) in [6.07, 6.45) is 6.49. The molecule has 17 heavy (non-hydrogen) atoms. The summed E-state index contributed by atoms with van der Waals surface area (Å²) in [4.78, 5) is 11.7. The molecule has 0 spiro atoms. The molecule has 0 saturated carbocycles. The molecule has 3 nitrogen and oxygen atoms in total. The Morgan fingerprint density at radius 2 is 2.29 bits per heavy atom. The molecule has 0 saturated heterocycles. The molecule has 0 radical (unpaired) electrons. The highest BCUT2D eigenvalue weighted by Crippen LogP contribution is 2.12. The molecular weight excluding hydrogens is 236 g/mol. The third-order valence-corrected chi connectivity index (χ3v) is 2.50. The molecule has 0 bridgehead atoms. The van der Waals surface area contributed by atoms with Gasteiger partial charge < -0.3 is 0 Å². The molecule has 0 aliphatic rings. The van der Waals surface area contributed by atoms with Crippen LogP contribution in [0.5, 0.6) is 0 Å². The minimum Gasteiger partial charge on any atom is -0.289 e. The number of rotatable bonds is 3. The van der Waals surface area contributed by atoms with Crippen LogP contribution < -0.4 is 0 Å². The van der Waals surface area contributed by atoms with E-state index in [0.717, 1.165) is 5.56 Å². The topological polar surface area (TPSA) is 34.9 Å². The normalized spacial score (nSPS) is 10.9. The number of carbonyl (C=O) groups excluding carboxylic acids is 1. The van der Waals surface area contributed by atoms with Crippen LogP contribution in [0.2, 0.25) is 5.02 Å². The summed E-state index contributed by atoms with van der Waals surface area (Å²) < 4.78 is 1.60. The van der Waals surface area contributed by atoms with E-state index in [1.807, 2.05) is 12.1 Å². The molecule has 2 aromatic rings. The molecule has 0 aliphatic heterocycles. The van der Waals surface area contributed by atoms with Gasteiger partial charge in [-0.25, -0.2) is 0 Å². The van der Waals surface area contributed by atoms with Gasteiger partial charge >= 0.3 is 0 Å². The first-order valence-corrected chi connectivity index (χ1v) is 5.49. The van der Waals surface area contributed by atoms with E-state index in [9.17, 15) is 4.79 Å². The monoisotopic (exact) mass is 246 g/mol. The fraction of sp³-hybridized carbons (Fsp3) is 0.0769. The first-order valence-electron chi connectivity index (χ1n) is 5.12. The highest BCUT2D eigenvalue weighted by Gasteiger charge is 2.03. The van der Waals surface area contributed by atoms with E-state index in [2.05, 4.69) is 5.10 Å². The maximum atomic E-state index is 11.7. The molecule has 1 aromatic heterocycles. The first-order chi connectivity index (χ1) is 8.15. The molecule has 2 rings (SSSR count). The minimum atomic E-state index is -0.0712. The van der Waals surface area contributed by atoms with E-state index >= 15 is 0 Å². The van der Waals surface area contributed by atoms with E-state index in [0.29, 0.717) is 10.6 Å². The maximum Gasteiger partial charge on any atom is 0.189 e. The maximum absolute atomic E-state index is 11.7. The molecular formula is C13H11ClN2O. The summed E-state index contributed by atoms with van der Waals surface area (Å²) in [5.74, 6) is -0.0712. The largest absolute Gasteiger partial charge is 0.289 e. The molecule has 1 heterocycles. The van der Waals surface area contributed by atoms with Gasteiger partial charge in [0.05, 0.1) is 11.8 Å². The molecule has 0 fully saturated rings. The van der Waals surface area contributed by atoms with Crippen LogP contribution in [0.25, 0.3) is 6.08 Å². The Bertz CT molecular complexity index is 572. The van der Waals surface area contributed by atoms with Crippen molar-refractivity contribution in [3.63, 3.8) is 0 Å². The van der Waals surface area contributed by atoms with Gasteiger partial charge in [-0.1, -0.05) is 29.8 Å². The predicted molar refractivity (Wildman–Crippen MR) is 68.0 cm³/mol. The predicted octanol–water partition coefficient (Wildman–Crippen LogP) is 2.97. The number of carbonyl (C=O) groups is 1. The van der Waals surface area contributed by atoms with Crippen LogP contribution in [0, 0.1) is 0 Å². The van der Waals surface area contributed by atoms with Crippen LogP contribution in [-0.4, -0.2) is 15.6 Å². The summed E-state index contributed by atoms with van der Waals surface area (Å²) in [6, 6.07) is 7.33. The van der Waals surface area contributed by atoms with E-state index in [1.165, 1.54) is 6.08 Å². The van der Waals surface area contributed by atoms with Crippen molar-refractivity contribution >= 4 is 23.5 Å². The lowest BCUT2D eigenvalue weighted by atomic mass is 10.1. The highest BCUT2D eigenvalue weighted by atomic mass is 35.5. The van der Waals surface area contributed by atoms with Gasteiger partial charge in [0.2, 0.25) is 0 Å². The number of aromatic nitrogens is 2. The van der Waals surface area contributed by atoms with E-state index in [1.54, 1.807) is 42.3 Å². The molecule has 86 valence electrons. The fourth-order valence-corrected chi connectivity index (χ4v) is 1.63. The van der Waals surface area contributed by atoms with Gasteiger partial charge in [-0.3, -0.25) is 9.48 Å². The zero-order chi connectivity index (χ0) is 12.3. The van der Waals surface area contributed by atoms with Gasteiger partial charge in [-0.2, -0.15) is 5.10 Å². The number of hydrogen-bond acceptors (Lipinski definition) is 2. The van der Waals surface area contributed by atoms with E-state index in [-0.39, 0.29) is 5.78 Å². The van der Waals surface area contributed by atoms with Gasteiger partial charge in [-0.15, -0.1) is 0 Å². The van der Waals surface area contributed by atoms with Crippen LogP contribution >= 0.6 is 11.6 Å². The van der Waals surface area contributed by atoms with Gasteiger partial charge in [0.25, 0.3) is 0 Å². The molecule has 1 aromatic carbocycles. The van der Waals surface area contributed by atoms with Crippen molar-refractivity contribution in [3.8, 4) is 0 Å². The highest BCUT2D eigenvalue weighted by molar-refractivity contribution is 6.30. The summed E-state index contributed by atoms with van der Waals surface area (Å²) in [5.41, 5.74) is 1.47. The number of aryl methyl sites for hydroxylation is 1. The summed E-state index contributed by atoms with van der Waals surface area (Å²) >= 11 is 5.85. The lowest BCUT2D eigenvalue weighted by Gasteiger charge is -1.93. The first kappa shape index (κ1) is 11.6. The van der Waals surface area contributed by atoms with Gasteiger partial charge in [0, 0.05) is 18.3 Å². The molecule has 4 heteroatoms. The zero-order valence-electron chi connectivity index (χ0n) is 9.30. The van der Waals surface area contributed by atoms with Crippen molar-refractivity contribution in [1.29, 1.82) is 0 Å². The van der Waals surface area contributed by atoms with Crippen molar-refractivity contribution in [2.75, 3.05) is 0 Å².